The maximum atomic E-state index is 12.8. The monoisotopic (exact) mass is 315 g/mol. The molecule has 3 N–H and O–H groups in total. The average Bonchev–Trinajstić information content (AvgIpc) is 2.55. The SMILES string of the molecule is Cc1c(S)cccc1C(=O)N1CCc2nnc(NN)cc2C1. The molecule has 0 saturated heterocycles. The second kappa shape index (κ2) is 5.94. The number of anilines is 1. The Kier molecular flexibility index (Phi) is 4.00. The molecule has 0 bridgehead atoms. The topological polar surface area (TPSA) is 84.1 Å². The number of amides is 1. The van der Waals surface area contributed by atoms with Crippen molar-refractivity contribution >= 4 is 24.4 Å². The first-order valence-electron chi connectivity index (χ1n) is 7.00. The van der Waals surface area contributed by atoms with Gasteiger partial charge in [0.15, 0.2) is 5.82 Å². The Balaban J connectivity index is 1.87. The van der Waals surface area contributed by atoms with Crippen molar-refractivity contribution in [1.29, 1.82) is 0 Å². The van der Waals surface area contributed by atoms with E-state index in [0.29, 0.717) is 30.9 Å². The first-order valence-corrected chi connectivity index (χ1v) is 7.45. The van der Waals surface area contributed by atoms with Crippen LogP contribution in [0.4, 0.5) is 5.82 Å². The number of hydrazine groups is 1. The molecular weight excluding hydrogens is 298 g/mol. The third kappa shape index (κ3) is 2.65. The van der Waals surface area contributed by atoms with Crippen molar-refractivity contribution in [3.05, 3.63) is 46.6 Å². The van der Waals surface area contributed by atoms with Gasteiger partial charge in [0, 0.05) is 30.0 Å². The summed E-state index contributed by atoms with van der Waals surface area (Å²) in [6.45, 7) is 3.05. The van der Waals surface area contributed by atoms with Gasteiger partial charge < -0.3 is 10.3 Å². The van der Waals surface area contributed by atoms with E-state index in [1.807, 2.05) is 36.1 Å². The highest BCUT2D eigenvalue weighted by Crippen LogP contribution is 2.23. The van der Waals surface area contributed by atoms with Crippen LogP contribution in [0.2, 0.25) is 0 Å². The number of benzene rings is 1. The number of hydrogen-bond acceptors (Lipinski definition) is 6. The minimum absolute atomic E-state index is 0.0121. The molecule has 1 aromatic heterocycles. The van der Waals surface area contributed by atoms with Crippen LogP contribution in [0.3, 0.4) is 0 Å². The number of hydrogen-bond donors (Lipinski definition) is 3. The third-order valence-corrected chi connectivity index (χ3v) is 4.39. The van der Waals surface area contributed by atoms with Gasteiger partial charge in [-0.15, -0.1) is 17.7 Å². The number of thiol groups is 1. The zero-order valence-electron chi connectivity index (χ0n) is 12.2. The van der Waals surface area contributed by atoms with Gasteiger partial charge in [0.05, 0.1) is 5.69 Å². The summed E-state index contributed by atoms with van der Waals surface area (Å²) in [5, 5.41) is 8.11. The largest absolute Gasteiger partial charge is 0.334 e. The van der Waals surface area contributed by atoms with E-state index in [9.17, 15) is 4.79 Å². The molecule has 1 amide bonds. The van der Waals surface area contributed by atoms with Crippen molar-refractivity contribution in [2.24, 2.45) is 5.84 Å². The van der Waals surface area contributed by atoms with Crippen LogP contribution in [-0.4, -0.2) is 27.5 Å². The second-order valence-corrected chi connectivity index (χ2v) is 5.75. The fraction of sp³-hybridized carbons (Fsp3) is 0.267. The summed E-state index contributed by atoms with van der Waals surface area (Å²) in [4.78, 5) is 15.4. The molecule has 3 rings (SSSR count). The molecule has 1 aliphatic heterocycles. The lowest BCUT2D eigenvalue weighted by Crippen LogP contribution is -2.37. The summed E-state index contributed by atoms with van der Waals surface area (Å²) in [5.74, 6) is 5.88. The molecule has 0 saturated carbocycles. The van der Waals surface area contributed by atoms with Gasteiger partial charge in [0.2, 0.25) is 0 Å². The zero-order valence-corrected chi connectivity index (χ0v) is 13.1. The lowest BCUT2D eigenvalue weighted by atomic mass is 10.0. The number of fused-ring (bicyclic) bond motifs is 1. The van der Waals surface area contributed by atoms with E-state index >= 15 is 0 Å². The van der Waals surface area contributed by atoms with E-state index in [1.165, 1.54) is 0 Å². The molecule has 6 nitrogen and oxygen atoms in total. The molecule has 7 heteroatoms. The quantitative estimate of drug-likeness (QED) is 0.445. The summed E-state index contributed by atoms with van der Waals surface area (Å²) < 4.78 is 0. The highest BCUT2D eigenvalue weighted by molar-refractivity contribution is 7.80. The lowest BCUT2D eigenvalue weighted by molar-refractivity contribution is 0.0732. The summed E-state index contributed by atoms with van der Waals surface area (Å²) in [7, 11) is 0. The van der Waals surface area contributed by atoms with Crippen LogP contribution in [0, 0.1) is 6.92 Å². The van der Waals surface area contributed by atoms with Gasteiger partial charge in [-0.2, -0.15) is 5.10 Å². The van der Waals surface area contributed by atoms with Gasteiger partial charge in [0.25, 0.3) is 5.91 Å². The number of rotatable bonds is 2. The van der Waals surface area contributed by atoms with Crippen LogP contribution in [-0.2, 0) is 13.0 Å². The van der Waals surface area contributed by atoms with Crippen molar-refractivity contribution in [3.63, 3.8) is 0 Å². The summed E-state index contributed by atoms with van der Waals surface area (Å²) in [6, 6.07) is 7.41. The summed E-state index contributed by atoms with van der Waals surface area (Å²) >= 11 is 4.39. The third-order valence-electron chi connectivity index (χ3n) is 3.91. The van der Waals surface area contributed by atoms with Gasteiger partial charge in [-0.1, -0.05) is 6.07 Å². The van der Waals surface area contributed by atoms with Crippen LogP contribution in [0.15, 0.2) is 29.2 Å². The van der Waals surface area contributed by atoms with E-state index < -0.39 is 0 Å². The van der Waals surface area contributed by atoms with Crippen LogP contribution in [0.25, 0.3) is 0 Å². The first-order chi connectivity index (χ1) is 10.6. The standard InChI is InChI=1S/C15H17N5OS/c1-9-11(3-2-4-13(9)22)15(21)20-6-5-12-10(8-20)7-14(17-16)19-18-12/h2-4,7,22H,5-6,8,16H2,1H3,(H,17,19). The zero-order chi connectivity index (χ0) is 15.7. The predicted molar refractivity (Wildman–Crippen MR) is 86.7 cm³/mol. The highest BCUT2D eigenvalue weighted by atomic mass is 32.1. The molecule has 0 unspecified atom stereocenters. The number of nitrogens with zero attached hydrogens (tertiary/aromatic N) is 3. The molecular formula is C15H17N5OS. The Bertz CT molecular complexity index is 734. The lowest BCUT2D eigenvalue weighted by Gasteiger charge is -2.28. The molecule has 2 aromatic rings. The highest BCUT2D eigenvalue weighted by Gasteiger charge is 2.24. The Labute approximate surface area is 134 Å². The fourth-order valence-corrected chi connectivity index (χ4v) is 2.80. The van der Waals surface area contributed by atoms with Crippen LogP contribution in [0.5, 0.6) is 0 Å². The Hall–Kier alpha value is -2.12. The molecule has 0 spiro atoms. The number of carbonyl (C=O) groups excluding carboxylic acids is 1. The van der Waals surface area contributed by atoms with Crippen molar-refractivity contribution in [3.8, 4) is 0 Å². The number of carbonyl (C=O) groups is 1. The van der Waals surface area contributed by atoms with E-state index in [0.717, 1.165) is 21.7 Å². The molecule has 0 radical (unpaired) electrons. The minimum atomic E-state index is 0.0121. The van der Waals surface area contributed by atoms with E-state index in [4.69, 9.17) is 5.84 Å². The minimum Gasteiger partial charge on any atom is -0.334 e. The molecule has 2 heterocycles. The molecule has 0 atom stereocenters. The van der Waals surface area contributed by atoms with Crippen molar-refractivity contribution in [2.75, 3.05) is 12.0 Å². The molecule has 0 fully saturated rings. The van der Waals surface area contributed by atoms with E-state index in [-0.39, 0.29) is 5.91 Å². The van der Waals surface area contributed by atoms with Crippen LogP contribution >= 0.6 is 12.6 Å². The van der Waals surface area contributed by atoms with Gasteiger partial charge in [0.1, 0.15) is 0 Å². The van der Waals surface area contributed by atoms with Gasteiger partial charge in [-0.3, -0.25) is 4.79 Å². The average molecular weight is 315 g/mol. The van der Waals surface area contributed by atoms with Gasteiger partial charge in [-0.05, 0) is 36.2 Å². The molecule has 0 aliphatic carbocycles. The van der Waals surface area contributed by atoms with Gasteiger partial charge in [-0.25, -0.2) is 5.84 Å². The fourth-order valence-electron chi connectivity index (χ4n) is 2.60. The number of nitrogens with one attached hydrogen (secondary N) is 1. The van der Waals surface area contributed by atoms with Crippen molar-refractivity contribution < 1.29 is 4.79 Å². The van der Waals surface area contributed by atoms with E-state index in [1.54, 1.807) is 0 Å². The van der Waals surface area contributed by atoms with Crippen molar-refractivity contribution in [1.82, 2.24) is 15.1 Å². The summed E-state index contributed by atoms with van der Waals surface area (Å²) in [6.07, 6.45) is 0.693. The molecule has 114 valence electrons. The molecule has 1 aliphatic rings. The summed E-state index contributed by atoms with van der Waals surface area (Å²) in [5.41, 5.74) is 5.97. The molecule has 1 aromatic carbocycles. The first kappa shape index (κ1) is 14.8. The van der Waals surface area contributed by atoms with Gasteiger partial charge >= 0.3 is 0 Å². The maximum absolute atomic E-state index is 12.8. The van der Waals surface area contributed by atoms with E-state index in [2.05, 4.69) is 28.3 Å². The predicted octanol–water partition coefficient (Wildman–Crippen LogP) is 1.56. The van der Waals surface area contributed by atoms with Crippen LogP contribution < -0.4 is 11.3 Å². The number of aromatic nitrogens is 2. The maximum Gasteiger partial charge on any atom is 0.254 e. The number of nitrogen functional groups attached to an aromatic ring is 1. The Morgan fingerprint density at radius 3 is 3.00 bits per heavy atom. The normalized spacial score (nSPS) is 13.7. The molecule has 22 heavy (non-hydrogen) atoms. The Morgan fingerprint density at radius 2 is 2.23 bits per heavy atom. The van der Waals surface area contributed by atoms with Crippen LogP contribution in [0.1, 0.15) is 27.2 Å². The number of nitrogens with two attached hydrogens (primary N) is 1. The Morgan fingerprint density at radius 1 is 1.41 bits per heavy atom. The smallest absolute Gasteiger partial charge is 0.254 e. The van der Waals surface area contributed by atoms with Crippen molar-refractivity contribution in [2.45, 2.75) is 24.8 Å². The second-order valence-electron chi connectivity index (χ2n) is 5.27.